The van der Waals surface area contributed by atoms with Crippen molar-refractivity contribution >= 4 is 29.9 Å². The Bertz CT molecular complexity index is 498. The Morgan fingerprint density at radius 1 is 1.25 bits per heavy atom. The number of hydrogen-bond acceptors (Lipinski definition) is 3. The number of halogens is 4. The van der Waals surface area contributed by atoms with Gasteiger partial charge < -0.3 is 15.4 Å². The van der Waals surface area contributed by atoms with Crippen LogP contribution in [0.2, 0.25) is 0 Å². The summed E-state index contributed by atoms with van der Waals surface area (Å²) in [6, 6.07) is 2.18. The Hall–Kier alpha value is -1.26. The first kappa shape index (κ1) is 22.7. The molecule has 5 nitrogen and oxygen atoms in total. The fourth-order valence-corrected chi connectivity index (χ4v) is 1.84. The van der Waals surface area contributed by atoms with Crippen molar-refractivity contribution in [3.63, 3.8) is 0 Å². The van der Waals surface area contributed by atoms with Crippen LogP contribution in [-0.2, 0) is 6.18 Å². The van der Waals surface area contributed by atoms with Crippen molar-refractivity contribution in [3.05, 3.63) is 23.9 Å². The van der Waals surface area contributed by atoms with E-state index in [1.807, 2.05) is 0 Å². The van der Waals surface area contributed by atoms with Gasteiger partial charge in [-0.15, -0.1) is 24.0 Å². The lowest BCUT2D eigenvalue weighted by Crippen LogP contribution is -2.39. The largest absolute Gasteiger partial charge is 0.475 e. The summed E-state index contributed by atoms with van der Waals surface area (Å²) in [5, 5.41) is 6.11. The molecule has 9 heteroatoms. The fourth-order valence-electron chi connectivity index (χ4n) is 1.84. The average Bonchev–Trinajstić information content (AvgIpc) is 2.53. The molecule has 0 fully saturated rings. The molecular formula is C15H24F3IN4O. The number of rotatable bonds is 8. The molecule has 1 aromatic rings. The number of aliphatic imine (C=N–C) groups is 1. The third kappa shape index (κ3) is 8.55. The molecule has 0 saturated heterocycles. The number of nitrogens with zero attached hydrogens (tertiary/aromatic N) is 2. The molecular weight excluding hydrogens is 436 g/mol. The number of ether oxygens (including phenoxy) is 1. The normalized spacial score (nSPS) is 11.6. The quantitative estimate of drug-likeness (QED) is 0.270. The number of alkyl halides is 3. The maximum Gasteiger partial charge on any atom is 0.421 e. The van der Waals surface area contributed by atoms with Gasteiger partial charge in [0.1, 0.15) is 12.2 Å². The highest BCUT2D eigenvalue weighted by atomic mass is 127. The van der Waals surface area contributed by atoms with E-state index in [-0.39, 0.29) is 30.6 Å². The van der Waals surface area contributed by atoms with Gasteiger partial charge in [0.15, 0.2) is 5.96 Å². The van der Waals surface area contributed by atoms with Gasteiger partial charge in [0.05, 0.1) is 6.54 Å². The zero-order valence-corrected chi connectivity index (χ0v) is 16.1. The Balaban J connectivity index is 0.00000529. The van der Waals surface area contributed by atoms with E-state index in [0.717, 1.165) is 31.9 Å². The minimum absolute atomic E-state index is 0. The zero-order valence-electron chi connectivity index (χ0n) is 13.8. The van der Waals surface area contributed by atoms with Gasteiger partial charge in [-0.25, -0.2) is 4.98 Å². The number of unbranched alkanes of at least 4 members (excludes halogenated alkanes) is 2. The molecule has 0 aliphatic carbocycles. The van der Waals surface area contributed by atoms with Gasteiger partial charge in [-0.2, -0.15) is 13.2 Å². The van der Waals surface area contributed by atoms with E-state index in [4.69, 9.17) is 4.74 Å². The van der Waals surface area contributed by atoms with E-state index in [0.29, 0.717) is 12.5 Å². The summed E-state index contributed by atoms with van der Waals surface area (Å²) in [6.45, 7) is 3.29. The summed E-state index contributed by atoms with van der Waals surface area (Å²) in [6.07, 6.45) is 0.0941. The minimum Gasteiger partial charge on any atom is -0.475 e. The van der Waals surface area contributed by atoms with E-state index in [1.54, 1.807) is 7.05 Å². The Morgan fingerprint density at radius 3 is 2.58 bits per heavy atom. The molecule has 0 saturated carbocycles. The lowest BCUT2D eigenvalue weighted by molar-refractivity contribution is -0.139. The maximum atomic E-state index is 12.8. The number of guanidine groups is 1. The second-order valence-electron chi connectivity index (χ2n) is 4.84. The molecule has 138 valence electrons. The zero-order chi connectivity index (χ0) is 17.1. The lowest BCUT2D eigenvalue weighted by Gasteiger charge is -2.14. The first-order valence-corrected chi connectivity index (χ1v) is 7.58. The molecule has 0 atom stereocenters. The van der Waals surface area contributed by atoms with Crippen molar-refractivity contribution in [3.8, 4) is 5.88 Å². The van der Waals surface area contributed by atoms with Gasteiger partial charge >= 0.3 is 6.18 Å². The number of nitrogens with one attached hydrogen (secondary N) is 2. The summed E-state index contributed by atoms with van der Waals surface area (Å²) in [5.74, 6) is 0.189. The van der Waals surface area contributed by atoms with Crippen LogP contribution in [0.15, 0.2) is 23.3 Å². The van der Waals surface area contributed by atoms with E-state index in [1.165, 1.54) is 12.3 Å². The predicted molar refractivity (Wildman–Crippen MR) is 99.0 cm³/mol. The molecule has 0 spiro atoms. The third-order valence-corrected chi connectivity index (χ3v) is 3.01. The van der Waals surface area contributed by atoms with Crippen LogP contribution in [0.4, 0.5) is 13.2 Å². The summed E-state index contributed by atoms with van der Waals surface area (Å²) >= 11 is 0. The molecule has 24 heavy (non-hydrogen) atoms. The van der Waals surface area contributed by atoms with Crippen LogP contribution in [0, 0.1) is 0 Å². The van der Waals surface area contributed by atoms with Crippen LogP contribution in [0.25, 0.3) is 0 Å². The molecule has 0 aromatic carbocycles. The SMILES string of the molecule is CCCCCNC(=NC)NCCOc1ncccc1C(F)(F)F.I. The van der Waals surface area contributed by atoms with Crippen LogP contribution < -0.4 is 15.4 Å². The molecule has 0 amide bonds. The second-order valence-corrected chi connectivity index (χ2v) is 4.84. The fraction of sp³-hybridized carbons (Fsp3) is 0.600. The van der Waals surface area contributed by atoms with Crippen molar-refractivity contribution in [2.45, 2.75) is 32.4 Å². The summed E-state index contributed by atoms with van der Waals surface area (Å²) in [7, 11) is 1.64. The molecule has 1 aromatic heterocycles. The van der Waals surface area contributed by atoms with Crippen molar-refractivity contribution in [1.29, 1.82) is 0 Å². The van der Waals surface area contributed by atoms with Crippen LogP contribution in [-0.4, -0.2) is 37.7 Å². The first-order valence-electron chi connectivity index (χ1n) is 7.58. The Labute approximate surface area is 157 Å². The topological polar surface area (TPSA) is 58.5 Å². The van der Waals surface area contributed by atoms with Crippen LogP contribution in [0.3, 0.4) is 0 Å². The minimum atomic E-state index is -4.48. The molecule has 1 heterocycles. The molecule has 0 aliphatic heterocycles. The van der Waals surface area contributed by atoms with Gasteiger partial charge in [0, 0.05) is 19.8 Å². The van der Waals surface area contributed by atoms with E-state index in [9.17, 15) is 13.2 Å². The second kappa shape index (κ2) is 12.2. The number of pyridine rings is 1. The molecule has 2 N–H and O–H groups in total. The van der Waals surface area contributed by atoms with Crippen molar-refractivity contribution < 1.29 is 17.9 Å². The van der Waals surface area contributed by atoms with Gasteiger partial charge in [-0.3, -0.25) is 4.99 Å². The molecule has 0 aliphatic rings. The van der Waals surface area contributed by atoms with Gasteiger partial charge in [-0.05, 0) is 18.6 Å². The van der Waals surface area contributed by atoms with Gasteiger partial charge in [0.2, 0.25) is 5.88 Å². The molecule has 0 radical (unpaired) electrons. The standard InChI is InChI=1S/C15H23F3N4O.HI/c1-3-4-5-8-21-14(19-2)22-10-11-23-13-12(15(16,17)18)7-6-9-20-13;/h6-7,9H,3-5,8,10-11H2,1-2H3,(H2,19,21,22);1H. The van der Waals surface area contributed by atoms with E-state index < -0.39 is 17.6 Å². The van der Waals surface area contributed by atoms with E-state index >= 15 is 0 Å². The third-order valence-electron chi connectivity index (χ3n) is 3.01. The smallest absolute Gasteiger partial charge is 0.421 e. The van der Waals surface area contributed by atoms with E-state index in [2.05, 4.69) is 27.5 Å². The molecule has 1 rings (SSSR count). The maximum absolute atomic E-state index is 12.8. The highest BCUT2D eigenvalue weighted by Crippen LogP contribution is 2.34. The van der Waals surface area contributed by atoms with Crippen LogP contribution >= 0.6 is 24.0 Å². The number of hydrogen-bond donors (Lipinski definition) is 2. The van der Waals surface area contributed by atoms with Gasteiger partial charge in [-0.1, -0.05) is 19.8 Å². The average molecular weight is 460 g/mol. The van der Waals surface area contributed by atoms with Crippen molar-refractivity contribution in [2.24, 2.45) is 4.99 Å². The molecule has 0 unspecified atom stereocenters. The van der Waals surface area contributed by atoms with Crippen molar-refractivity contribution in [2.75, 3.05) is 26.7 Å². The van der Waals surface area contributed by atoms with Gasteiger partial charge in [0.25, 0.3) is 0 Å². The van der Waals surface area contributed by atoms with Crippen LogP contribution in [0.1, 0.15) is 31.7 Å². The highest BCUT2D eigenvalue weighted by molar-refractivity contribution is 14.0. The number of aromatic nitrogens is 1. The highest BCUT2D eigenvalue weighted by Gasteiger charge is 2.34. The monoisotopic (exact) mass is 460 g/mol. The lowest BCUT2D eigenvalue weighted by atomic mass is 10.2. The summed E-state index contributed by atoms with van der Waals surface area (Å²) in [5.41, 5.74) is -0.873. The Morgan fingerprint density at radius 2 is 1.96 bits per heavy atom. The van der Waals surface area contributed by atoms with Crippen molar-refractivity contribution in [1.82, 2.24) is 15.6 Å². The summed E-state index contributed by atoms with van der Waals surface area (Å²) < 4.78 is 43.5. The Kier molecular flexibility index (Phi) is 11.5. The summed E-state index contributed by atoms with van der Waals surface area (Å²) in [4.78, 5) is 7.67. The predicted octanol–water partition coefficient (Wildman–Crippen LogP) is 3.45. The molecule has 0 bridgehead atoms. The first-order chi connectivity index (χ1) is 11.0. The van der Waals surface area contributed by atoms with Crippen LogP contribution in [0.5, 0.6) is 5.88 Å².